The molecule has 0 saturated heterocycles. The smallest absolute Gasteiger partial charge is 0.313 e. The van der Waals surface area contributed by atoms with Crippen LogP contribution in [0, 0.1) is 23.7 Å². The quantitative estimate of drug-likeness (QED) is 0.766. The van der Waals surface area contributed by atoms with Crippen molar-refractivity contribution in [3.05, 3.63) is 0 Å². The first-order valence-corrected chi connectivity index (χ1v) is 8.28. The van der Waals surface area contributed by atoms with Crippen LogP contribution in [0.1, 0.15) is 38.5 Å². The summed E-state index contributed by atoms with van der Waals surface area (Å²) in [5.74, 6) is 3.02. The Morgan fingerprint density at radius 2 is 1.63 bits per heavy atom. The fraction of sp³-hybridized carbons (Fsp3) is 1.00. The molecule has 0 aliphatic heterocycles. The van der Waals surface area contributed by atoms with Crippen molar-refractivity contribution in [1.29, 1.82) is 0 Å². The minimum absolute atomic E-state index is 0.131. The molecule has 0 heterocycles. The molecule has 4 aliphatic carbocycles. The largest absolute Gasteiger partial charge is 0.346 e. The maximum Gasteiger partial charge on any atom is 0.346 e. The molecule has 4 saturated carbocycles. The lowest BCUT2D eigenvalue weighted by Crippen LogP contribution is -2.55. The highest BCUT2D eigenvalue weighted by atomic mass is 32.2. The van der Waals surface area contributed by atoms with Crippen LogP contribution in [0.4, 0.5) is 8.78 Å². The van der Waals surface area contributed by atoms with Crippen molar-refractivity contribution in [1.82, 2.24) is 5.32 Å². The summed E-state index contributed by atoms with van der Waals surface area (Å²) in [4.78, 5) is 0. The van der Waals surface area contributed by atoms with Gasteiger partial charge in [-0.25, -0.2) is 4.21 Å². The van der Waals surface area contributed by atoms with Gasteiger partial charge in [0, 0.05) is 19.0 Å². The summed E-state index contributed by atoms with van der Waals surface area (Å²) in [6.07, 6.45) is 5.79. The Kier molecular flexibility index (Phi) is 3.69. The standard InChI is InChI=1S/C13H21F2NO2S/c14-13(15,19(17)18)1-2-16-12-10-4-8-3-9(6-10)7-11(12)5-8/h8-12,16H,1-7H2,(H,17,18). The summed E-state index contributed by atoms with van der Waals surface area (Å²) in [6, 6.07) is 0.357. The molecule has 0 amide bonds. The Morgan fingerprint density at radius 1 is 1.11 bits per heavy atom. The van der Waals surface area contributed by atoms with E-state index in [4.69, 9.17) is 4.55 Å². The van der Waals surface area contributed by atoms with E-state index in [1.54, 1.807) is 0 Å². The molecule has 4 rings (SSSR count). The molecule has 2 N–H and O–H groups in total. The van der Waals surface area contributed by atoms with Gasteiger partial charge in [-0.3, -0.25) is 0 Å². The zero-order valence-corrected chi connectivity index (χ0v) is 11.7. The molecule has 4 fully saturated rings. The molecular weight excluding hydrogens is 272 g/mol. The summed E-state index contributed by atoms with van der Waals surface area (Å²) in [5.41, 5.74) is 0. The zero-order valence-electron chi connectivity index (χ0n) is 10.9. The Labute approximate surface area is 114 Å². The summed E-state index contributed by atoms with van der Waals surface area (Å²) < 4.78 is 45.1. The molecule has 0 aromatic carbocycles. The van der Waals surface area contributed by atoms with E-state index >= 15 is 0 Å². The van der Waals surface area contributed by atoms with Crippen molar-refractivity contribution in [2.24, 2.45) is 23.7 Å². The molecule has 1 atom stereocenters. The van der Waals surface area contributed by atoms with Crippen molar-refractivity contribution in [2.45, 2.75) is 49.8 Å². The molecule has 0 aromatic heterocycles. The Bertz CT molecular complexity index is 350. The molecule has 19 heavy (non-hydrogen) atoms. The average molecular weight is 293 g/mol. The first-order valence-electron chi connectivity index (χ1n) is 7.18. The summed E-state index contributed by atoms with van der Waals surface area (Å²) in [7, 11) is 0. The first-order chi connectivity index (χ1) is 8.95. The van der Waals surface area contributed by atoms with Gasteiger partial charge in [0.05, 0.1) is 0 Å². The number of nitrogens with one attached hydrogen (secondary N) is 1. The van der Waals surface area contributed by atoms with Crippen LogP contribution in [0.15, 0.2) is 0 Å². The fourth-order valence-electron chi connectivity index (χ4n) is 4.73. The number of hydrogen-bond acceptors (Lipinski definition) is 2. The predicted octanol–water partition coefficient (Wildman–Crippen LogP) is 2.61. The van der Waals surface area contributed by atoms with E-state index in [1.807, 2.05) is 0 Å². The van der Waals surface area contributed by atoms with E-state index in [-0.39, 0.29) is 6.54 Å². The van der Waals surface area contributed by atoms with Crippen molar-refractivity contribution in [3.63, 3.8) is 0 Å². The van der Waals surface area contributed by atoms with Gasteiger partial charge < -0.3 is 9.87 Å². The van der Waals surface area contributed by atoms with Gasteiger partial charge in [0.1, 0.15) is 0 Å². The molecule has 0 spiro atoms. The van der Waals surface area contributed by atoms with E-state index < -0.39 is 22.8 Å². The molecule has 6 heteroatoms. The van der Waals surface area contributed by atoms with Crippen molar-refractivity contribution in [3.8, 4) is 0 Å². The highest BCUT2D eigenvalue weighted by Crippen LogP contribution is 2.53. The van der Waals surface area contributed by atoms with Crippen molar-refractivity contribution in [2.75, 3.05) is 6.54 Å². The summed E-state index contributed by atoms with van der Waals surface area (Å²) in [5, 5.41) is -0.237. The highest BCUT2D eigenvalue weighted by Gasteiger charge is 2.48. The second-order valence-corrected chi connectivity index (χ2v) is 7.64. The van der Waals surface area contributed by atoms with Crippen molar-refractivity contribution >= 4 is 11.1 Å². The third-order valence-electron chi connectivity index (χ3n) is 5.28. The van der Waals surface area contributed by atoms with Crippen LogP contribution in [0.2, 0.25) is 0 Å². The Hall–Kier alpha value is -0.0700. The monoisotopic (exact) mass is 293 g/mol. The molecule has 0 aromatic rings. The Morgan fingerprint density at radius 3 is 2.11 bits per heavy atom. The van der Waals surface area contributed by atoms with Crippen LogP contribution in [0.3, 0.4) is 0 Å². The van der Waals surface area contributed by atoms with Gasteiger partial charge in [0.25, 0.3) is 0 Å². The summed E-state index contributed by atoms with van der Waals surface area (Å²) >= 11 is -3.06. The summed E-state index contributed by atoms with van der Waals surface area (Å²) in [6.45, 7) is 0.131. The van der Waals surface area contributed by atoms with E-state index in [9.17, 15) is 13.0 Å². The first kappa shape index (κ1) is 13.9. The molecule has 4 aliphatic rings. The molecule has 3 nitrogen and oxygen atoms in total. The zero-order chi connectivity index (χ0) is 13.6. The van der Waals surface area contributed by atoms with E-state index in [2.05, 4.69) is 5.32 Å². The second-order valence-electron chi connectivity index (χ2n) is 6.55. The molecular formula is C13H21F2NO2S. The van der Waals surface area contributed by atoms with E-state index in [0.717, 1.165) is 11.8 Å². The number of rotatable bonds is 5. The highest BCUT2D eigenvalue weighted by molar-refractivity contribution is 7.80. The van der Waals surface area contributed by atoms with Crippen LogP contribution in [-0.2, 0) is 11.1 Å². The van der Waals surface area contributed by atoms with Gasteiger partial charge in [0.2, 0.25) is 11.1 Å². The maximum absolute atomic E-state index is 13.1. The minimum atomic E-state index is -3.49. The van der Waals surface area contributed by atoms with Crippen LogP contribution in [-0.4, -0.2) is 26.6 Å². The second kappa shape index (κ2) is 5.04. The van der Waals surface area contributed by atoms with E-state index in [1.165, 1.54) is 32.1 Å². The molecule has 1 unspecified atom stereocenters. The molecule has 4 bridgehead atoms. The van der Waals surface area contributed by atoms with Gasteiger partial charge in [0.15, 0.2) is 0 Å². The van der Waals surface area contributed by atoms with Gasteiger partial charge in [-0.05, 0) is 55.8 Å². The predicted molar refractivity (Wildman–Crippen MR) is 69.2 cm³/mol. The number of alkyl halides is 2. The molecule has 0 radical (unpaired) electrons. The van der Waals surface area contributed by atoms with Gasteiger partial charge in [-0.15, -0.1) is 0 Å². The third kappa shape index (κ3) is 2.72. The van der Waals surface area contributed by atoms with Gasteiger partial charge >= 0.3 is 5.25 Å². The average Bonchev–Trinajstić information content (AvgIpc) is 2.31. The topological polar surface area (TPSA) is 49.3 Å². The minimum Gasteiger partial charge on any atom is -0.313 e. The third-order valence-corrected chi connectivity index (χ3v) is 5.99. The van der Waals surface area contributed by atoms with Crippen LogP contribution >= 0.6 is 0 Å². The van der Waals surface area contributed by atoms with Crippen LogP contribution in [0.25, 0.3) is 0 Å². The van der Waals surface area contributed by atoms with Gasteiger partial charge in [-0.1, -0.05) is 0 Å². The lowest BCUT2D eigenvalue weighted by Gasteiger charge is -2.54. The normalized spacial score (nSPS) is 42.6. The fourth-order valence-corrected chi connectivity index (χ4v) is 5.01. The SMILES string of the molecule is O=S(O)C(F)(F)CCNC1C2CC3CC(C2)CC1C3. The molecule has 110 valence electrons. The van der Waals surface area contributed by atoms with Crippen LogP contribution < -0.4 is 5.32 Å². The maximum atomic E-state index is 13.1. The lowest BCUT2D eigenvalue weighted by molar-refractivity contribution is -0.0161. The van der Waals surface area contributed by atoms with Gasteiger partial charge in [-0.2, -0.15) is 8.78 Å². The lowest BCUT2D eigenvalue weighted by atomic mass is 9.54. The Balaban J connectivity index is 1.52. The number of halogens is 2. The number of hydrogen-bond donors (Lipinski definition) is 2. The van der Waals surface area contributed by atoms with E-state index in [0.29, 0.717) is 17.9 Å². The van der Waals surface area contributed by atoms with Crippen LogP contribution in [0.5, 0.6) is 0 Å². The van der Waals surface area contributed by atoms with Crippen molar-refractivity contribution < 1.29 is 17.5 Å².